The summed E-state index contributed by atoms with van der Waals surface area (Å²) in [5.41, 5.74) is 2.35. The van der Waals surface area contributed by atoms with Gasteiger partial charge in [-0.15, -0.1) is 0 Å². The number of hydrogen-bond donors (Lipinski definition) is 0. The van der Waals surface area contributed by atoms with E-state index in [1.165, 1.54) is 11.3 Å². The van der Waals surface area contributed by atoms with Gasteiger partial charge in [0.15, 0.2) is 5.65 Å². The van der Waals surface area contributed by atoms with Gasteiger partial charge in [0.25, 0.3) is 0 Å². The van der Waals surface area contributed by atoms with Crippen LogP contribution in [0.2, 0.25) is 0 Å². The number of aromatic nitrogens is 4. The highest BCUT2D eigenvalue weighted by Crippen LogP contribution is 2.34. The number of rotatable bonds is 2. The minimum atomic E-state index is -1.12. The van der Waals surface area contributed by atoms with Gasteiger partial charge in [-0.1, -0.05) is 16.5 Å². The zero-order valence-electron chi connectivity index (χ0n) is 10.5. The lowest BCUT2D eigenvalue weighted by molar-refractivity contribution is 0.394. The maximum atomic E-state index is 11.5. The van der Waals surface area contributed by atoms with E-state index in [-0.39, 0.29) is 0 Å². The summed E-state index contributed by atoms with van der Waals surface area (Å²) in [6.45, 7) is 3.67. The molecule has 1 atom stereocenters. The summed E-state index contributed by atoms with van der Waals surface area (Å²) in [6, 6.07) is 0. The van der Waals surface area contributed by atoms with E-state index >= 15 is 0 Å². The van der Waals surface area contributed by atoms with Crippen LogP contribution in [0.1, 0.15) is 11.5 Å². The molecule has 3 rings (SSSR count). The van der Waals surface area contributed by atoms with E-state index in [0.717, 1.165) is 15.8 Å². The highest BCUT2D eigenvalue weighted by molar-refractivity contribution is 7.92. The van der Waals surface area contributed by atoms with Crippen LogP contribution in [0, 0.1) is 13.8 Å². The van der Waals surface area contributed by atoms with E-state index < -0.39 is 11.2 Å². The molecule has 8 heteroatoms. The molecule has 3 heterocycles. The van der Waals surface area contributed by atoms with Gasteiger partial charge in [0.1, 0.15) is 6.26 Å². The average Bonchev–Trinajstić information content (AvgIpc) is 2.95. The largest absolute Gasteiger partial charge is 0.610 e. The van der Waals surface area contributed by atoms with Crippen LogP contribution >= 0.6 is 11.3 Å². The van der Waals surface area contributed by atoms with Gasteiger partial charge in [0, 0.05) is 29.9 Å². The van der Waals surface area contributed by atoms with Gasteiger partial charge in [0.2, 0.25) is 11.7 Å². The first-order chi connectivity index (χ1) is 9.06. The monoisotopic (exact) mass is 294 g/mol. The summed E-state index contributed by atoms with van der Waals surface area (Å²) < 4.78 is 17.9. The number of hydrogen-bond acceptors (Lipinski definition) is 7. The van der Waals surface area contributed by atoms with Gasteiger partial charge in [-0.3, -0.25) is 0 Å². The molecule has 0 radical (unpaired) electrons. The third kappa shape index (κ3) is 2.11. The van der Waals surface area contributed by atoms with Crippen LogP contribution in [0.3, 0.4) is 0 Å². The first kappa shape index (κ1) is 12.5. The standard InChI is InChI=1S/C11H10N4O2S2/c1-5-4-12-10-8(18-11(14-10)19(3)16)7(5)9-13-6(2)17-15-9/h4H,1-3H3. The highest BCUT2D eigenvalue weighted by atomic mass is 32.2. The Hall–Kier alpha value is -1.51. The molecule has 0 fully saturated rings. The molecule has 0 aliphatic rings. The lowest BCUT2D eigenvalue weighted by Crippen LogP contribution is -1.95. The fraction of sp³-hybridized carbons (Fsp3) is 0.273. The first-order valence-corrected chi connectivity index (χ1v) is 7.84. The van der Waals surface area contributed by atoms with E-state index in [2.05, 4.69) is 20.1 Å². The molecular formula is C11H10N4O2S2. The molecular weight excluding hydrogens is 284 g/mol. The smallest absolute Gasteiger partial charge is 0.303 e. The minimum Gasteiger partial charge on any atom is -0.610 e. The molecule has 0 amide bonds. The maximum absolute atomic E-state index is 11.5. The quantitative estimate of drug-likeness (QED) is 0.672. The topological polar surface area (TPSA) is 87.8 Å². The molecule has 19 heavy (non-hydrogen) atoms. The fourth-order valence-corrected chi connectivity index (χ4v) is 3.53. The Labute approximate surface area is 116 Å². The third-order valence-electron chi connectivity index (χ3n) is 2.59. The van der Waals surface area contributed by atoms with Gasteiger partial charge in [-0.05, 0) is 12.5 Å². The van der Waals surface area contributed by atoms with Crippen molar-refractivity contribution >= 4 is 32.9 Å². The zero-order chi connectivity index (χ0) is 13.6. The summed E-state index contributed by atoms with van der Waals surface area (Å²) >= 11 is 0.230. The maximum Gasteiger partial charge on any atom is 0.303 e. The molecule has 98 valence electrons. The molecule has 0 aliphatic heterocycles. The summed E-state index contributed by atoms with van der Waals surface area (Å²) in [7, 11) is 0. The number of fused-ring (bicyclic) bond motifs is 1. The molecule has 0 N–H and O–H groups in total. The molecule has 0 saturated heterocycles. The second kappa shape index (κ2) is 4.55. The highest BCUT2D eigenvalue weighted by Gasteiger charge is 2.20. The Morgan fingerprint density at radius 1 is 1.32 bits per heavy atom. The molecule has 3 aromatic heterocycles. The van der Waals surface area contributed by atoms with Crippen LogP contribution in [-0.2, 0) is 11.2 Å². The van der Waals surface area contributed by atoms with Gasteiger partial charge in [-0.2, -0.15) is 9.97 Å². The summed E-state index contributed by atoms with van der Waals surface area (Å²) in [4.78, 5) is 12.8. The zero-order valence-corrected chi connectivity index (χ0v) is 12.1. The lowest BCUT2D eigenvalue weighted by Gasteiger charge is -2.00. The van der Waals surface area contributed by atoms with Gasteiger partial charge in [-0.25, -0.2) is 4.98 Å². The Kier molecular flexibility index (Phi) is 3.00. The molecule has 0 aromatic carbocycles. The Balaban J connectivity index is 2.30. The van der Waals surface area contributed by atoms with E-state index in [1.807, 2.05) is 6.92 Å². The molecule has 3 aromatic rings. The van der Waals surface area contributed by atoms with Crippen LogP contribution in [0.4, 0.5) is 0 Å². The Morgan fingerprint density at radius 2 is 2.11 bits per heavy atom. The fourth-order valence-electron chi connectivity index (χ4n) is 1.75. The molecule has 0 spiro atoms. The van der Waals surface area contributed by atoms with Crippen molar-refractivity contribution in [3.8, 4) is 11.4 Å². The molecule has 1 unspecified atom stereocenters. The molecule has 6 nitrogen and oxygen atoms in total. The molecule has 0 saturated carbocycles. The molecule has 0 aliphatic carbocycles. The van der Waals surface area contributed by atoms with Crippen LogP contribution in [0.5, 0.6) is 0 Å². The third-order valence-corrected chi connectivity index (χ3v) is 4.98. The second-order valence-electron chi connectivity index (χ2n) is 4.04. The van der Waals surface area contributed by atoms with Crippen molar-refractivity contribution in [1.29, 1.82) is 0 Å². The predicted molar refractivity (Wildman–Crippen MR) is 72.5 cm³/mol. The van der Waals surface area contributed by atoms with Crippen molar-refractivity contribution < 1.29 is 9.08 Å². The summed E-state index contributed by atoms with van der Waals surface area (Å²) in [5, 5.41) is 3.94. The van der Waals surface area contributed by atoms with E-state index in [0.29, 0.717) is 21.7 Å². The van der Waals surface area contributed by atoms with Crippen LogP contribution in [0.25, 0.3) is 21.7 Å². The molecule has 0 bridgehead atoms. The first-order valence-electron chi connectivity index (χ1n) is 5.46. The summed E-state index contributed by atoms with van der Waals surface area (Å²) in [5.74, 6) is 1.02. The SMILES string of the molecule is Cc1nc(-c2c(C)cnc3nc([S+](C)[O-])sc23)no1. The van der Waals surface area contributed by atoms with Crippen molar-refractivity contribution in [3.05, 3.63) is 17.7 Å². The normalized spacial score (nSPS) is 13.1. The van der Waals surface area contributed by atoms with Crippen molar-refractivity contribution in [2.24, 2.45) is 0 Å². The predicted octanol–water partition coefficient (Wildman–Crippen LogP) is 2.10. The lowest BCUT2D eigenvalue weighted by atomic mass is 10.1. The summed E-state index contributed by atoms with van der Waals surface area (Å²) in [6.07, 6.45) is 3.31. The van der Waals surface area contributed by atoms with Crippen molar-refractivity contribution in [3.63, 3.8) is 0 Å². The minimum absolute atomic E-state index is 0.503. The van der Waals surface area contributed by atoms with Crippen molar-refractivity contribution in [2.45, 2.75) is 18.2 Å². The van der Waals surface area contributed by atoms with E-state index in [1.54, 1.807) is 19.4 Å². The van der Waals surface area contributed by atoms with Crippen molar-refractivity contribution in [2.75, 3.05) is 6.26 Å². The van der Waals surface area contributed by atoms with Gasteiger partial charge in [0.05, 0.1) is 4.70 Å². The number of nitrogens with zero attached hydrogens (tertiary/aromatic N) is 4. The Bertz CT molecular complexity index is 750. The number of pyridine rings is 1. The van der Waals surface area contributed by atoms with Crippen LogP contribution < -0.4 is 0 Å². The van der Waals surface area contributed by atoms with E-state index in [4.69, 9.17) is 4.52 Å². The van der Waals surface area contributed by atoms with Gasteiger partial charge >= 0.3 is 4.34 Å². The average molecular weight is 294 g/mol. The van der Waals surface area contributed by atoms with Crippen LogP contribution in [0.15, 0.2) is 15.1 Å². The Morgan fingerprint density at radius 3 is 2.74 bits per heavy atom. The van der Waals surface area contributed by atoms with Crippen molar-refractivity contribution in [1.82, 2.24) is 20.1 Å². The van der Waals surface area contributed by atoms with Gasteiger partial charge < -0.3 is 9.08 Å². The van der Waals surface area contributed by atoms with E-state index in [9.17, 15) is 4.55 Å². The second-order valence-corrected chi connectivity index (χ2v) is 6.59. The number of aryl methyl sites for hydroxylation is 2. The van der Waals surface area contributed by atoms with Crippen LogP contribution in [-0.4, -0.2) is 30.9 Å². The number of thiazole rings is 1.